The van der Waals surface area contributed by atoms with Gasteiger partial charge in [0.25, 0.3) is 0 Å². The molecule has 0 bridgehead atoms. The highest BCUT2D eigenvalue weighted by molar-refractivity contribution is 5.77. The molecule has 6 nitrogen and oxygen atoms in total. The van der Waals surface area contributed by atoms with E-state index in [0.717, 1.165) is 17.7 Å². The summed E-state index contributed by atoms with van der Waals surface area (Å²) in [5, 5.41) is 3.06. The van der Waals surface area contributed by atoms with Crippen LogP contribution in [0.15, 0.2) is 72.0 Å². The molecule has 0 atom stereocenters. The van der Waals surface area contributed by atoms with Gasteiger partial charge in [0.1, 0.15) is 11.6 Å². The Morgan fingerprint density at radius 2 is 1.93 bits per heavy atom. The molecule has 2 aromatic heterocycles. The maximum Gasteiger partial charge on any atom is 0.219 e. The summed E-state index contributed by atoms with van der Waals surface area (Å²) in [6, 6.07) is 15.2. The van der Waals surface area contributed by atoms with E-state index in [1.54, 1.807) is 30.6 Å². The highest BCUT2D eigenvalue weighted by Gasteiger charge is 2.01. The standard InChI is InChI=1S/C20H20FN5O/c21-16-5-7-18(8-6-16)27-19-9-4-15(13-25-19)14-26-20(22)24-12-10-17-3-1-2-11-23-17/h1-9,11,13H,10,12,14H2,(H3,22,24,26). The second kappa shape index (κ2) is 9.28. The number of hydrogen-bond donors (Lipinski definition) is 2. The van der Waals surface area contributed by atoms with E-state index in [0.29, 0.717) is 30.7 Å². The largest absolute Gasteiger partial charge is 0.439 e. The van der Waals surface area contributed by atoms with Crippen LogP contribution in [0.4, 0.5) is 4.39 Å². The van der Waals surface area contributed by atoms with Crippen LogP contribution in [0.3, 0.4) is 0 Å². The van der Waals surface area contributed by atoms with Gasteiger partial charge >= 0.3 is 0 Å². The van der Waals surface area contributed by atoms with Crippen LogP contribution in [0, 0.1) is 5.82 Å². The van der Waals surface area contributed by atoms with E-state index in [9.17, 15) is 4.39 Å². The summed E-state index contributed by atoms with van der Waals surface area (Å²) in [4.78, 5) is 12.8. The fourth-order valence-electron chi connectivity index (χ4n) is 2.29. The molecule has 0 amide bonds. The number of nitrogens with one attached hydrogen (secondary N) is 1. The molecule has 0 aliphatic carbocycles. The average Bonchev–Trinajstić information content (AvgIpc) is 2.70. The summed E-state index contributed by atoms with van der Waals surface area (Å²) in [5.74, 6) is 1.01. The Kier molecular flexibility index (Phi) is 6.30. The van der Waals surface area contributed by atoms with Crippen LogP contribution in [-0.4, -0.2) is 22.5 Å². The second-order valence-corrected chi connectivity index (χ2v) is 5.76. The average molecular weight is 365 g/mol. The third-order valence-electron chi connectivity index (χ3n) is 3.68. The second-order valence-electron chi connectivity index (χ2n) is 5.76. The fourth-order valence-corrected chi connectivity index (χ4v) is 2.29. The number of ether oxygens (including phenoxy) is 1. The SMILES string of the molecule is NC(=NCc1ccc(Oc2ccc(F)cc2)nc1)NCCc1ccccn1. The minimum Gasteiger partial charge on any atom is -0.439 e. The van der Waals surface area contributed by atoms with Crippen molar-refractivity contribution in [2.24, 2.45) is 10.7 Å². The zero-order valence-corrected chi connectivity index (χ0v) is 14.7. The summed E-state index contributed by atoms with van der Waals surface area (Å²) in [7, 11) is 0. The molecule has 0 spiro atoms. The van der Waals surface area contributed by atoms with Crippen LogP contribution in [-0.2, 0) is 13.0 Å². The highest BCUT2D eigenvalue weighted by Crippen LogP contribution is 2.19. The van der Waals surface area contributed by atoms with Crippen LogP contribution in [0.1, 0.15) is 11.3 Å². The van der Waals surface area contributed by atoms with Crippen molar-refractivity contribution in [2.45, 2.75) is 13.0 Å². The maximum absolute atomic E-state index is 12.9. The molecular weight excluding hydrogens is 345 g/mol. The van der Waals surface area contributed by atoms with Crippen molar-refractivity contribution in [1.29, 1.82) is 0 Å². The Morgan fingerprint density at radius 3 is 2.63 bits per heavy atom. The summed E-state index contributed by atoms with van der Waals surface area (Å²) >= 11 is 0. The van der Waals surface area contributed by atoms with Crippen LogP contribution in [0.5, 0.6) is 11.6 Å². The normalized spacial score (nSPS) is 11.2. The van der Waals surface area contributed by atoms with Crippen molar-refractivity contribution in [3.8, 4) is 11.6 Å². The summed E-state index contributed by atoms with van der Waals surface area (Å²) in [6.45, 7) is 1.07. The molecule has 138 valence electrons. The lowest BCUT2D eigenvalue weighted by atomic mass is 10.3. The first-order valence-corrected chi connectivity index (χ1v) is 8.51. The quantitative estimate of drug-likeness (QED) is 0.496. The number of halogens is 1. The van der Waals surface area contributed by atoms with Gasteiger partial charge in [0, 0.05) is 37.1 Å². The number of benzene rings is 1. The van der Waals surface area contributed by atoms with E-state index in [1.807, 2.05) is 24.3 Å². The van der Waals surface area contributed by atoms with E-state index < -0.39 is 0 Å². The molecule has 0 aliphatic rings. The van der Waals surface area contributed by atoms with Gasteiger partial charge in [0.2, 0.25) is 5.88 Å². The molecule has 27 heavy (non-hydrogen) atoms. The monoisotopic (exact) mass is 365 g/mol. The smallest absolute Gasteiger partial charge is 0.219 e. The maximum atomic E-state index is 12.9. The Labute approximate surface area is 157 Å². The first-order valence-electron chi connectivity index (χ1n) is 8.51. The molecule has 0 aliphatic heterocycles. The molecule has 7 heteroatoms. The van der Waals surface area contributed by atoms with Crippen molar-refractivity contribution < 1.29 is 9.13 Å². The zero-order valence-electron chi connectivity index (χ0n) is 14.7. The topological polar surface area (TPSA) is 85.4 Å². The van der Waals surface area contributed by atoms with E-state index in [4.69, 9.17) is 10.5 Å². The molecule has 0 fully saturated rings. The Hall–Kier alpha value is -3.48. The number of aromatic nitrogens is 2. The van der Waals surface area contributed by atoms with Gasteiger partial charge in [-0.1, -0.05) is 12.1 Å². The van der Waals surface area contributed by atoms with Gasteiger partial charge in [-0.15, -0.1) is 0 Å². The number of hydrogen-bond acceptors (Lipinski definition) is 4. The Balaban J connectivity index is 1.45. The molecule has 0 radical (unpaired) electrons. The van der Waals surface area contributed by atoms with Gasteiger partial charge < -0.3 is 15.8 Å². The van der Waals surface area contributed by atoms with E-state index in [-0.39, 0.29) is 5.82 Å². The lowest BCUT2D eigenvalue weighted by Crippen LogP contribution is -2.33. The molecule has 1 aromatic carbocycles. The third kappa shape index (κ3) is 6.07. The predicted molar refractivity (Wildman–Crippen MR) is 102 cm³/mol. The van der Waals surface area contributed by atoms with Crippen LogP contribution >= 0.6 is 0 Å². The van der Waals surface area contributed by atoms with Gasteiger partial charge in [0.05, 0.1) is 6.54 Å². The lowest BCUT2D eigenvalue weighted by Gasteiger charge is -2.06. The van der Waals surface area contributed by atoms with Crippen LogP contribution < -0.4 is 15.8 Å². The molecular formula is C20H20FN5O. The van der Waals surface area contributed by atoms with Gasteiger partial charge in [-0.3, -0.25) is 4.98 Å². The van der Waals surface area contributed by atoms with Gasteiger partial charge in [-0.2, -0.15) is 0 Å². The summed E-state index contributed by atoms with van der Waals surface area (Å²) in [6.07, 6.45) is 4.21. The number of rotatable bonds is 7. The molecule has 0 saturated carbocycles. The van der Waals surface area contributed by atoms with Crippen LogP contribution in [0.25, 0.3) is 0 Å². The highest BCUT2D eigenvalue weighted by atomic mass is 19.1. The number of guanidine groups is 1. The minimum absolute atomic E-state index is 0.310. The molecule has 3 N–H and O–H groups in total. The summed E-state index contributed by atoms with van der Waals surface area (Å²) in [5.41, 5.74) is 7.77. The van der Waals surface area contributed by atoms with E-state index >= 15 is 0 Å². The number of aliphatic imine (C=N–C) groups is 1. The lowest BCUT2D eigenvalue weighted by molar-refractivity contribution is 0.461. The van der Waals surface area contributed by atoms with Gasteiger partial charge in [0.15, 0.2) is 5.96 Å². The Bertz CT molecular complexity index is 867. The zero-order chi connectivity index (χ0) is 18.9. The fraction of sp³-hybridized carbons (Fsp3) is 0.150. The first kappa shape index (κ1) is 18.3. The minimum atomic E-state index is -0.310. The van der Waals surface area contributed by atoms with Crippen molar-refractivity contribution in [3.05, 3.63) is 84.1 Å². The van der Waals surface area contributed by atoms with Crippen molar-refractivity contribution in [3.63, 3.8) is 0 Å². The van der Waals surface area contributed by atoms with Crippen molar-refractivity contribution in [2.75, 3.05) is 6.54 Å². The Morgan fingerprint density at radius 1 is 1.07 bits per heavy atom. The molecule has 0 saturated heterocycles. The molecule has 3 aromatic rings. The first-order chi connectivity index (χ1) is 13.2. The number of pyridine rings is 2. The molecule has 0 unspecified atom stereocenters. The molecule has 2 heterocycles. The summed E-state index contributed by atoms with van der Waals surface area (Å²) < 4.78 is 18.4. The predicted octanol–water partition coefficient (Wildman–Crippen LogP) is 3.06. The van der Waals surface area contributed by atoms with Crippen molar-refractivity contribution >= 4 is 5.96 Å². The van der Waals surface area contributed by atoms with E-state index in [2.05, 4.69) is 20.3 Å². The van der Waals surface area contributed by atoms with Crippen LogP contribution in [0.2, 0.25) is 0 Å². The number of nitrogens with two attached hydrogens (primary N) is 1. The van der Waals surface area contributed by atoms with Gasteiger partial charge in [-0.05, 0) is 42.0 Å². The van der Waals surface area contributed by atoms with E-state index in [1.165, 1.54) is 12.1 Å². The van der Waals surface area contributed by atoms with Crippen molar-refractivity contribution in [1.82, 2.24) is 15.3 Å². The molecule has 3 rings (SSSR count). The van der Waals surface area contributed by atoms with Gasteiger partial charge in [-0.25, -0.2) is 14.4 Å². The third-order valence-corrected chi connectivity index (χ3v) is 3.68. The number of nitrogens with zero attached hydrogens (tertiary/aromatic N) is 3.